The second-order valence-corrected chi connectivity index (χ2v) is 11.3. The number of rotatable bonds is 8. The summed E-state index contributed by atoms with van der Waals surface area (Å²) in [5, 5.41) is 3.17. The first-order chi connectivity index (χ1) is 13.8. The van der Waals surface area contributed by atoms with Gasteiger partial charge in [0.25, 0.3) is 0 Å². The Kier molecular flexibility index (Phi) is 7.54. The average molecular weight is 473 g/mol. The number of amides is 1. The Morgan fingerprint density at radius 2 is 1.67 bits per heavy atom. The van der Waals surface area contributed by atoms with Crippen molar-refractivity contribution in [1.82, 2.24) is 5.32 Å². The SMILES string of the molecule is CCC(C(=O)NC(C)c1ccc(S(C)(=O)=O)cc1)N(c1cccc(Cl)c1)S(C)(=O)=O. The van der Waals surface area contributed by atoms with E-state index in [9.17, 15) is 21.6 Å². The van der Waals surface area contributed by atoms with Gasteiger partial charge >= 0.3 is 0 Å². The predicted molar refractivity (Wildman–Crippen MR) is 119 cm³/mol. The third-order valence-electron chi connectivity index (χ3n) is 4.56. The molecule has 30 heavy (non-hydrogen) atoms. The van der Waals surface area contributed by atoms with E-state index in [4.69, 9.17) is 11.6 Å². The van der Waals surface area contributed by atoms with E-state index in [0.717, 1.165) is 16.8 Å². The molecule has 2 atom stereocenters. The van der Waals surface area contributed by atoms with Gasteiger partial charge in [-0.1, -0.05) is 36.7 Å². The van der Waals surface area contributed by atoms with Crippen molar-refractivity contribution in [2.45, 2.75) is 37.2 Å². The number of hydrogen-bond donors (Lipinski definition) is 1. The number of hydrogen-bond acceptors (Lipinski definition) is 5. The first-order valence-electron chi connectivity index (χ1n) is 9.20. The molecule has 0 aromatic heterocycles. The molecule has 0 saturated heterocycles. The second-order valence-electron chi connectivity index (χ2n) is 7.03. The molecule has 10 heteroatoms. The van der Waals surface area contributed by atoms with E-state index >= 15 is 0 Å². The van der Waals surface area contributed by atoms with Crippen molar-refractivity contribution in [3.63, 3.8) is 0 Å². The molecule has 0 saturated carbocycles. The smallest absolute Gasteiger partial charge is 0.244 e. The van der Waals surface area contributed by atoms with Crippen LogP contribution in [-0.2, 0) is 24.7 Å². The topological polar surface area (TPSA) is 101 Å². The molecule has 0 aliphatic heterocycles. The summed E-state index contributed by atoms with van der Waals surface area (Å²) in [6.45, 7) is 3.46. The summed E-state index contributed by atoms with van der Waals surface area (Å²) in [7, 11) is -7.09. The van der Waals surface area contributed by atoms with E-state index in [1.807, 2.05) is 0 Å². The fraction of sp³-hybridized carbons (Fsp3) is 0.350. The maximum Gasteiger partial charge on any atom is 0.244 e. The van der Waals surface area contributed by atoms with Gasteiger partial charge in [0.2, 0.25) is 15.9 Å². The van der Waals surface area contributed by atoms with Gasteiger partial charge in [0.15, 0.2) is 9.84 Å². The van der Waals surface area contributed by atoms with Crippen molar-refractivity contribution in [1.29, 1.82) is 0 Å². The number of carbonyl (C=O) groups is 1. The number of nitrogens with one attached hydrogen (secondary N) is 1. The minimum absolute atomic E-state index is 0.181. The summed E-state index contributed by atoms with van der Waals surface area (Å²) in [4.78, 5) is 13.2. The van der Waals surface area contributed by atoms with Crippen molar-refractivity contribution in [3.05, 3.63) is 59.1 Å². The van der Waals surface area contributed by atoms with E-state index in [0.29, 0.717) is 16.3 Å². The van der Waals surface area contributed by atoms with Crippen molar-refractivity contribution in [2.75, 3.05) is 16.8 Å². The van der Waals surface area contributed by atoms with Crippen LogP contribution in [0.5, 0.6) is 0 Å². The molecular weight excluding hydrogens is 448 g/mol. The van der Waals surface area contributed by atoms with Crippen molar-refractivity contribution < 1.29 is 21.6 Å². The van der Waals surface area contributed by atoms with Crippen LogP contribution in [0, 0.1) is 0 Å². The highest BCUT2D eigenvalue weighted by molar-refractivity contribution is 7.92. The summed E-state index contributed by atoms with van der Waals surface area (Å²) in [5.41, 5.74) is 0.997. The Hall–Kier alpha value is -2.10. The predicted octanol–water partition coefficient (Wildman–Crippen LogP) is 3.17. The van der Waals surface area contributed by atoms with Gasteiger partial charge in [-0.05, 0) is 49.2 Å². The Bertz CT molecular complexity index is 1120. The second kappa shape index (κ2) is 9.36. The Morgan fingerprint density at radius 3 is 2.13 bits per heavy atom. The summed E-state index contributed by atoms with van der Waals surface area (Å²) in [6, 6.07) is 11.1. The van der Waals surface area contributed by atoms with Crippen LogP contribution in [0.15, 0.2) is 53.4 Å². The molecule has 2 aromatic rings. The third-order valence-corrected chi connectivity index (χ3v) is 7.10. The van der Waals surface area contributed by atoms with Gasteiger partial charge in [-0.2, -0.15) is 0 Å². The number of nitrogens with zero attached hydrogens (tertiary/aromatic N) is 1. The van der Waals surface area contributed by atoms with E-state index < -0.39 is 37.9 Å². The van der Waals surface area contributed by atoms with Gasteiger partial charge in [0.1, 0.15) is 6.04 Å². The van der Waals surface area contributed by atoms with E-state index in [1.54, 1.807) is 44.2 Å². The summed E-state index contributed by atoms with van der Waals surface area (Å²) in [5.74, 6) is -0.470. The van der Waals surface area contributed by atoms with Gasteiger partial charge < -0.3 is 5.32 Å². The Morgan fingerprint density at radius 1 is 1.07 bits per heavy atom. The zero-order valence-electron chi connectivity index (χ0n) is 17.2. The van der Waals surface area contributed by atoms with Crippen LogP contribution in [0.3, 0.4) is 0 Å². The van der Waals surface area contributed by atoms with Crippen molar-refractivity contribution >= 4 is 43.1 Å². The van der Waals surface area contributed by atoms with E-state index in [2.05, 4.69) is 5.32 Å². The lowest BCUT2D eigenvalue weighted by molar-refractivity contribution is -0.122. The maximum atomic E-state index is 13.0. The van der Waals surface area contributed by atoms with Gasteiger partial charge in [-0.25, -0.2) is 16.8 Å². The van der Waals surface area contributed by atoms with Crippen LogP contribution in [0.4, 0.5) is 5.69 Å². The molecule has 2 rings (SSSR count). The Labute approximate surface area is 183 Å². The lowest BCUT2D eigenvalue weighted by Gasteiger charge is -2.31. The lowest BCUT2D eigenvalue weighted by Crippen LogP contribution is -2.49. The maximum absolute atomic E-state index is 13.0. The molecule has 0 spiro atoms. The van der Waals surface area contributed by atoms with Crippen LogP contribution < -0.4 is 9.62 Å². The number of sulfone groups is 1. The first kappa shape index (κ1) is 24.2. The standard InChI is InChI=1S/C20H25ClN2O5S2/c1-5-19(23(30(4,27)28)17-8-6-7-16(21)13-17)20(24)22-14(2)15-9-11-18(12-10-15)29(3,25)26/h6-14,19H,5H2,1-4H3,(H,22,24). The van der Waals surface area contributed by atoms with Crippen LogP contribution in [-0.4, -0.2) is 41.3 Å². The number of halogens is 1. The number of carbonyl (C=O) groups excluding carboxylic acids is 1. The molecule has 0 radical (unpaired) electrons. The van der Waals surface area contributed by atoms with Crippen LogP contribution in [0.1, 0.15) is 31.9 Å². The molecule has 2 unspecified atom stereocenters. The highest BCUT2D eigenvalue weighted by atomic mass is 35.5. The molecule has 1 amide bonds. The fourth-order valence-electron chi connectivity index (χ4n) is 3.07. The largest absolute Gasteiger partial charge is 0.348 e. The van der Waals surface area contributed by atoms with Crippen molar-refractivity contribution in [2.24, 2.45) is 0 Å². The third kappa shape index (κ3) is 5.96. The highest BCUT2D eigenvalue weighted by Gasteiger charge is 2.32. The van der Waals surface area contributed by atoms with E-state index in [1.165, 1.54) is 18.2 Å². The van der Waals surface area contributed by atoms with Crippen molar-refractivity contribution in [3.8, 4) is 0 Å². The summed E-state index contributed by atoms with van der Waals surface area (Å²) < 4.78 is 49.2. The monoisotopic (exact) mass is 472 g/mol. The van der Waals surface area contributed by atoms with Crippen LogP contribution in [0.2, 0.25) is 5.02 Å². The number of anilines is 1. The lowest BCUT2D eigenvalue weighted by atomic mass is 10.1. The average Bonchev–Trinajstić information content (AvgIpc) is 2.64. The van der Waals surface area contributed by atoms with Gasteiger partial charge in [-0.15, -0.1) is 0 Å². The molecule has 0 bridgehead atoms. The minimum atomic E-state index is -3.77. The molecule has 7 nitrogen and oxygen atoms in total. The molecule has 0 aliphatic carbocycles. The normalized spacial score (nSPS) is 14.0. The zero-order valence-corrected chi connectivity index (χ0v) is 19.6. The quantitative estimate of drug-likeness (QED) is 0.636. The molecule has 0 aliphatic rings. The molecule has 2 aromatic carbocycles. The van der Waals surface area contributed by atoms with Gasteiger partial charge in [0, 0.05) is 11.3 Å². The Balaban J connectivity index is 2.29. The zero-order chi connectivity index (χ0) is 22.7. The fourth-order valence-corrected chi connectivity index (χ4v) is 5.09. The highest BCUT2D eigenvalue weighted by Crippen LogP contribution is 2.26. The first-order valence-corrected chi connectivity index (χ1v) is 13.3. The van der Waals surface area contributed by atoms with Gasteiger partial charge in [-0.3, -0.25) is 9.10 Å². The van der Waals surface area contributed by atoms with Crippen LogP contribution in [0.25, 0.3) is 0 Å². The van der Waals surface area contributed by atoms with Gasteiger partial charge in [0.05, 0.1) is 22.9 Å². The number of sulfonamides is 1. The molecule has 164 valence electrons. The molecule has 1 N–H and O–H groups in total. The summed E-state index contributed by atoms with van der Waals surface area (Å²) in [6.07, 6.45) is 2.40. The molecule has 0 heterocycles. The summed E-state index contributed by atoms with van der Waals surface area (Å²) >= 11 is 6.01. The molecule has 0 fully saturated rings. The van der Waals surface area contributed by atoms with Crippen LogP contribution >= 0.6 is 11.6 Å². The minimum Gasteiger partial charge on any atom is -0.348 e. The number of benzene rings is 2. The molecular formula is C20H25ClN2O5S2. The van der Waals surface area contributed by atoms with E-state index in [-0.39, 0.29) is 11.3 Å².